The molecule has 0 saturated heterocycles. The van der Waals surface area contributed by atoms with Gasteiger partial charge in [-0.05, 0) is 61.5 Å². The molecule has 6 heteroatoms. The van der Waals surface area contributed by atoms with Gasteiger partial charge in [-0.1, -0.05) is 36.4 Å². The summed E-state index contributed by atoms with van der Waals surface area (Å²) in [5.74, 6) is 0.306. The SMILES string of the molecule is CC(=O)c1ccc(NC(=O)/C=C\c2cn(-c3ccccc3)nc2-c2cc3ccccc3o2)cc1. The van der Waals surface area contributed by atoms with E-state index in [0.717, 1.165) is 22.2 Å². The highest BCUT2D eigenvalue weighted by atomic mass is 16.3. The number of amides is 1. The minimum absolute atomic E-state index is 0.0219. The van der Waals surface area contributed by atoms with Gasteiger partial charge in [0.05, 0.1) is 5.69 Å². The first-order valence-corrected chi connectivity index (χ1v) is 10.8. The maximum absolute atomic E-state index is 12.6. The summed E-state index contributed by atoms with van der Waals surface area (Å²) >= 11 is 0. The molecule has 0 saturated carbocycles. The third kappa shape index (κ3) is 4.42. The molecular formula is C28H21N3O3. The zero-order valence-electron chi connectivity index (χ0n) is 18.4. The summed E-state index contributed by atoms with van der Waals surface area (Å²) in [6, 6.07) is 26.2. The number of fused-ring (bicyclic) bond motifs is 1. The molecule has 0 radical (unpaired) electrons. The van der Waals surface area contributed by atoms with Gasteiger partial charge in [-0.3, -0.25) is 9.59 Å². The van der Waals surface area contributed by atoms with Crippen molar-refractivity contribution in [3.63, 3.8) is 0 Å². The van der Waals surface area contributed by atoms with Crippen molar-refractivity contribution in [3.8, 4) is 17.1 Å². The fraction of sp³-hybridized carbons (Fsp3) is 0.0357. The largest absolute Gasteiger partial charge is 0.454 e. The summed E-state index contributed by atoms with van der Waals surface area (Å²) in [7, 11) is 0. The lowest BCUT2D eigenvalue weighted by Crippen LogP contribution is -2.07. The third-order valence-corrected chi connectivity index (χ3v) is 5.40. The number of nitrogens with one attached hydrogen (secondary N) is 1. The van der Waals surface area contributed by atoms with E-state index in [-0.39, 0.29) is 11.7 Å². The number of hydrogen-bond acceptors (Lipinski definition) is 4. The van der Waals surface area contributed by atoms with Gasteiger partial charge in [-0.15, -0.1) is 0 Å². The van der Waals surface area contributed by atoms with Crippen LogP contribution in [0.25, 0.3) is 34.2 Å². The first kappa shape index (κ1) is 21.2. The summed E-state index contributed by atoms with van der Waals surface area (Å²) < 4.78 is 7.80. The van der Waals surface area contributed by atoms with Gasteiger partial charge in [0, 0.05) is 34.5 Å². The molecule has 1 amide bonds. The van der Waals surface area contributed by atoms with Crippen LogP contribution in [0.15, 0.2) is 102 Å². The highest BCUT2D eigenvalue weighted by molar-refractivity contribution is 6.03. The number of aromatic nitrogens is 2. The van der Waals surface area contributed by atoms with E-state index in [0.29, 0.717) is 22.7 Å². The molecule has 0 fully saturated rings. The molecular weight excluding hydrogens is 426 g/mol. The van der Waals surface area contributed by atoms with Crippen LogP contribution in [0.4, 0.5) is 5.69 Å². The molecule has 3 aromatic carbocycles. The van der Waals surface area contributed by atoms with Crippen LogP contribution in [0.1, 0.15) is 22.8 Å². The summed E-state index contributed by atoms with van der Waals surface area (Å²) in [4.78, 5) is 24.0. The van der Waals surface area contributed by atoms with Crippen molar-refractivity contribution in [1.82, 2.24) is 9.78 Å². The van der Waals surface area contributed by atoms with Crippen molar-refractivity contribution in [3.05, 3.63) is 108 Å². The molecule has 0 unspecified atom stereocenters. The van der Waals surface area contributed by atoms with Gasteiger partial charge in [0.15, 0.2) is 11.5 Å². The van der Waals surface area contributed by atoms with Gasteiger partial charge >= 0.3 is 0 Å². The molecule has 0 aliphatic heterocycles. The molecule has 5 aromatic rings. The van der Waals surface area contributed by atoms with Crippen molar-refractivity contribution in [2.45, 2.75) is 6.92 Å². The van der Waals surface area contributed by atoms with Crippen LogP contribution < -0.4 is 5.32 Å². The van der Waals surface area contributed by atoms with Gasteiger partial charge < -0.3 is 9.73 Å². The Balaban J connectivity index is 1.45. The number of rotatable bonds is 6. The standard InChI is InChI=1S/C28H21N3O3/c1-19(32)20-11-14-23(15-12-20)29-27(33)16-13-22-18-31(24-8-3-2-4-9-24)30-28(22)26-17-21-7-5-6-10-25(21)34-26/h2-18H,1H3,(H,29,33)/b16-13-. The molecule has 2 heterocycles. The van der Waals surface area contributed by atoms with Crippen LogP contribution in [0.3, 0.4) is 0 Å². The fourth-order valence-electron chi connectivity index (χ4n) is 3.65. The molecule has 0 aliphatic rings. The van der Waals surface area contributed by atoms with Gasteiger partial charge in [-0.25, -0.2) is 4.68 Å². The zero-order valence-corrected chi connectivity index (χ0v) is 18.4. The number of para-hydroxylation sites is 2. The lowest BCUT2D eigenvalue weighted by molar-refractivity contribution is -0.111. The van der Waals surface area contributed by atoms with E-state index in [1.54, 1.807) is 35.0 Å². The van der Waals surface area contributed by atoms with E-state index in [1.165, 1.54) is 13.0 Å². The van der Waals surface area contributed by atoms with Crippen LogP contribution in [0.2, 0.25) is 0 Å². The summed E-state index contributed by atoms with van der Waals surface area (Å²) in [5, 5.41) is 8.53. The third-order valence-electron chi connectivity index (χ3n) is 5.40. The molecule has 1 N–H and O–H groups in total. The predicted octanol–water partition coefficient (Wildman–Crippen LogP) is 6.14. The number of carbonyl (C=O) groups is 2. The summed E-state index contributed by atoms with van der Waals surface area (Å²) in [5.41, 5.74) is 4.25. The highest BCUT2D eigenvalue weighted by Gasteiger charge is 2.15. The lowest BCUT2D eigenvalue weighted by atomic mass is 10.1. The minimum Gasteiger partial charge on any atom is -0.454 e. The number of carbonyl (C=O) groups excluding carboxylic acids is 2. The van der Waals surface area contributed by atoms with Gasteiger partial charge in [0.2, 0.25) is 5.91 Å². The van der Waals surface area contributed by atoms with E-state index in [4.69, 9.17) is 9.52 Å². The number of Topliss-reactive ketones (excluding diaryl/α,β-unsaturated/α-hetero) is 1. The quantitative estimate of drug-likeness (QED) is 0.251. The number of ketones is 1. The normalized spacial score (nSPS) is 11.2. The van der Waals surface area contributed by atoms with Gasteiger partial charge in [0.25, 0.3) is 0 Å². The molecule has 34 heavy (non-hydrogen) atoms. The monoisotopic (exact) mass is 447 g/mol. The maximum Gasteiger partial charge on any atom is 0.248 e. The second kappa shape index (κ2) is 9.03. The maximum atomic E-state index is 12.6. The van der Waals surface area contributed by atoms with E-state index in [1.807, 2.05) is 66.9 Å². The molecule has 5 rings (SSSR count). The van der Waals surface area contributed by atoms with E-state index >= 15 is 0 Å². The first-order valence-electron chi connectivity index (χ1n) is 10.8. The second-order valence-corrected chi connectivity index (χ2v) is 7.82. The van der Waals surface area contributed by atoms with E-state index < -0.39 is 0 Å². The molecule has 0 spiro atoms. The molecule has 6 nitrogen and oxygen atoms in total. The summed E-state index contributed by atoms with van der Waals surface area (Å²) in [6.45, 7) is 1.51. The Labute approximate surface area is 196 Å². The van der Waals surface area contributed by atoms with Crippen molar-refractivity contribution < 1.29 is 14.0 Å². The first-order chi connectivity index (χ1) is 16.6. The average molecular weight is 447 g/mol. The fourth-order valence-corrected chi connectivity index (χ4v) is 3.65. The summed E-state index contributed by atoms with van der Waals surface area (Å²) in [6.07, 6.45) is 5.04. The molecule has 0 atom stereocenters. The Morgan fingerprint density at radius 2 is 1.68 bits per heavy atom. The Hall–Kier alpha value is -4.71. The van der Waals surface area contributed by atoms with E-state index in [9.17, 15) is 9.59 Å². The number of nitrogens with zero attached hydrogens (tertiary/aromatic N) is 2. The Kier molecular flexibility index (Phi) is 5.62. The highest BCUT2D eigenvalue weighted by Crippen LogP contribution is 2.30. The Morgan fingerprint density at radius 1 is 0.941 bits per heavy atom. The second-order valence-electron chi connectivity index (χ2n) is 7.82. The van der Waals surface area contributed by atoms with Crippen molar-refractivity contribution >= 4 is 34.4 Å². The van der Waals surface area contributed by atoms with E-state index in [2.05, 4.69) is 5.32 Å². The zero-order chi connectivity index (χ0) is 23.5. The molecule has 0 aliphatic carbocycles. The van der Waals surface area contributed by atoms with Crippen molar-refractivity contribution in [2.75, 3.05) is 5.32 Å². The predicted molar refractivity (Wildman–Crippen MR) is 133 cm³/mol. The minimum atomic E-state index is -0.293. The average Bonchev–Trinajstić information content (AvgIpc) is 3.48. The number of benzene rings is 3. The topological polar surface area (TPSA) is 77.1 Å². The van der Waals surface area contributed by atoms with Crippen LogP contribution in [-0.2, 0) is 4.79 Å². The van der Waals surface area contributed by atoms with Crippen molar-refractivity contribution in [1.29, 1.82) is 0 Å². The van der Waals surface area contributed by atoms with Gasteiger partial charge in [-0.2, -0.15) is 5.10 Å². The molecule has 166 valence electrons. The smallest absolute Gasteiger partial charge is 0.248 e. The van der Waals surface area contributed by atoms with Crippen LogP contribution in [0, 0.1) is 0 Å². The lowest BCUT2D eigenvalue weighted by Gasteiger charge is -2.02. The Morgan fingerprint density at radius 3 is 2.41 bits per heavy atom. The van der Waals surface area contributed by atoms with Crippen molar-refractivity contribution in [2.24, 2.45) is 0 Å². The number of furan rings is 1. The van der Waals surface area contributed by atoms with Crippen LogP contribution >= 0.6 is 0 Å². The van der Waals surface area contributed by atoms with Gasteiger partial charge in [0.1, 0.15) is 11.3 Å². The molecule has 0 bridgehead atoms. The van der Waals surface area contributed by atoms with Crippen LogP contribution in [-0.4, -0.2) is 21.5 Å². The van der Waals surface area contributed by atoms with Crippen LogP contribution in [0.5, 0.6) is 0 Å². The number of anilines is 1. The number of hydrogen-bond donors (Lipinski definition) is 1. The Bertz CT molecular complexity index is 1480. The molecule has 2 aromatic heterocycles.